The maximum absolute atomic E-state index is 13.2. The molecule has 1 N–H and O–H groups in total. The number of aryl methyl sites for hydroxylation is 2. The zero-order valence-corrected chi connectivity index (χ0v) is 18.6. The summed E-state index contributed by atoms with van der Waals surface area (Å²) in [4.78, 5) is 43.6. The van der Waals surface area contributed by atoms with E-state index in [1.807, 2.05) is 31.2 Å². The van der Waals surface area contributed by atoms with E-state index < -0.39 is 11.2 Å². The van der Waals surface area contributed by atoms with Crippen molar-refractivity contribution in [3.8, 4) is 5.75 Å². The molecule has 0 aliphatic rings. The Bertz CT molecular complexity index is 1420. The van der Waals surface area contributed by atoms with Crippen LogP contribution in [-0.2, 0) is 11.3 Å². The molecule has 0 atom stereocenters. The summed E-state index contributed by atoms with van der Waals surface area (Å²) in [5.74, 6) is -0.238. The number of carbonyl (C=O) groups excluding carboxylic acids is 2. The number of ketones is 1. The molecule has 0 bridgehead atoms. The van der Waals surface area contributed by atoms with Gasteiger partial charge < -0.3 is 14.6 Å². The van der Waals surface area contributed by atoms with Gasteiger partial charge in [-0.15, -0.1) is 0 Å². The molecule has 2 aromatic carbocycles. The molecule has 0 saturated carbocycles. The van der Waals surface area contributed by atoms with E-state index >= 15 is 0 Å². The first-order valence-corrected chi connectivity index (χ1v) is 10.4. The van der Waals surface area contributed by atoms with Gasteiger partial charge in [0.25, 0.3) is 0 Å². The minimum atomic E-state index is -0.450. The predicted octanol–water partition coefficient (Wildman–Crippen LogP) is 3.89. The van der Waals surface area contributed by atoms with E-state index in [1.54, 1.807) is 47.9 Å². The number of benzene rings is 2. The maximum Gasteiger partial charge on any atom is 0.244 e. The van der Waals surface area contributed by atoms with E-state index in [0.29, 0.717) is 28.3 Å². The molecule has 166 valence electrons. The van der Waals surface area contributed by atoms with Crippen molar-refractivity contribution < 1.29 is 14.3 Å². The van der Waals surface area contributed by atoms with Crippen molar-refractivity contribution in [1.29, 1.82) is 0 Å². The molecule has 0 aliphatic heterocycles. The average Bonchev–Trinajstić information content (AvgIpc) is 2.82. The topological polar surface area (TPSA) is 90.3 Å². The van der Waals surface area contributed by atoms with E-state index in [2.05, 4.69) is 10.3 Å². The second kappa shape index (κ2) is 9.08. The van der Waals surface area contributed by atoms with E-state index in [9.17, 15) is 14.4 Å². The SMILES string of the molecule is COc1cccc(C(=O)c2cn(CC(=O)Nc3ccc(C)cc3)c3nc(C)ccc3c2=O)c1. The van der Waals surface area contributed by atoms with Gasteiger partial charge in [-0.1, -0.05) is 29.8 Å². The fourth-order valence-electron chi connectivity index (χ4n) is 3.55. The number of nitrogens with zero attached hydrogens (tertiary/aromatic N) is 2. The predicted molar refractivity (Wildman–Crippen MR) is 127 cm³/mol. The van der Waals surface area contributed by atoms with Gasteiger partial charge in [0, 0.05) is 23.1 Å². The third kappa shape index (κ3) is 4.67. The van der Waals surface area contributed by atoms with Crippen molar-refractivity contribution in [3.63, 3.8) is 0 Å². The molecule has 4 rings (SSSR count). The van der Waals surface area contributed by atoms with E-state index in [0.717, 1.165) is 5.56 Å². The fourth-order valence-corrected chi connectivity index (χ4v) is 3.55. The smallest absolute Gasteiger partial charge is 0.244 e. The molecule has 0 saturated heterocycles. The lowest BCUT2D eigenvalue weighted by Crippen LogP contribution is -2.25. The highest BCUT2D eigenvalue weighted by molar-refractivity contribution is 6.10. The first kappa shape index (κ1) is 22.0. The van der Waals surface area contributed by atoms with Crippen LogP contribution in [0.5, 0.6) is 5.75 Å². The maximum atomic E-state index is 13.2. The van der Waals surface area contributed by atoms with Crippen molar-refractivity contribution in [3.05, 3.63) is 99.5 Å². The standard InChI is InChI=1S/C26H23N3O4/c1-16-7-10-19(11-8-16)28-23(30)15-29-14-22(24(31)18-5-4-6-20(13-18)33-3)25(32)21-12-9-17(2)27-26(21)29/h4-14H,15H2,1-3H3,(H,28,30). The summed E-state index contributed by atoms with van der Waals surface area (Å²) in [5, 5.41) is 3.12. The molecular weight excluding hydrogens is 418 g/mol. The molecule has 7 nitrogen and oxygen atoms in total. The lowest BCUT2D eigenvalue weighted by atomic mass is 10.0. The van der Waals surface area contributed by atoms with Crippen LogP contribution in [-0.4, -0.2) is 28.4 Å². The Balaban J connectivity index is 1.76. The Morgan fingerprint density at radius 1 is 1.03 bits per heavy atom. The Hall–Kier alpha value is -4.26. The van der Waals surface area contributed by atoms with E-state index in [-0.39, 0.29) is 23.4 Å². The lowest BCUT2D eigenvalue weighted by molar-refractivity contribution is -0.116. The van der Waals surface area contributed by atoms with Gasteiger partial charge in [0.2, 0.25) is 11.3 Å². The number of amides is 1. The van der Waals surface area contributed by atoms with Crippen LogP contribution in [0.1, 0.15) is 27.2 Å². The molecule has 2 heterocycles. The largest absolute Gasteiger partial charge is 0.497 e. The number of ether oxygens (including phenoxy) is 1. The van der Waals surface area contributed by atoms with Gasteiger partial charge in [-0.3, -0.25) is 14.4 Å². The monoisotopic (exact) mass is 441 g/mol. The number of fused-ring (bicyclic) bond motifs is 1. The Morgan fingerprint density at radius 3 is 2.52 bits per heavy atom. The number of methoxy groups -OCH3 is 1. The number of nitrogens with one attached hydrogen (secondary N) is 1. The van der Waals surface area contributed by atoms with Crippen molar-refractivity contribution in [2.45, 2.75) is 20.4 Å². The van der Waals surface area contributed by atoms with Crippen LogP contribution in [0.25, 0.3) is 11.0 Å². The molecule has 0 fully saturated rings. The molecule has 0 spiro atoms. The van der Waals surface area contributed by atoms with Gasteiger partial charge >= 0.3 is 0 Å². The second-order valence-electron chi connectivity index (χ2n) is 7.80. The Morgan fingerprint density at radius 2 is 1.79 bits per heavy atom. The average molecular weight is 441 g/mol. The number of anilines is 1. The zero-order valence-electron chi connectivity index (χ0n) is 18.6. The first-order chi connectivity index (χ1) is 15.9. The van der Waals surface area contributed by atoms with Gasteiger partial charge in [-0.2, -0.15) is 0 Å². The van der Waals surface area contributed by atoms with Crippen LogP contribution in [0.3, 0.4) is 0 Å². The fraction of sp³-hybridized carbons (Fsp3) is 0.154. The van der Waals surface area contributed by atoms with Gasteiger partial charge in [0.15, 0.2) is 5.78 Å². The van der Waals surface area contributed by atoms with Crippen LogP contribution in [0.2, 0.25) is 0 Å². The highest BCUT2D eigenvalue weighted by Gasteiger charge is 2.19. The molecular formula is C26H23N3O4. The van der Waals surface area contributed by atoms with E-state index in [4.69, 9.17) is 4.74 Å². The summed E-state index contributed by atoms with van der Waals surface area (Å²) in [6, 6.07) is 17.4. The van der Waals surface area contributed by atoms with Gasteiger partial charge in [0.05, 0.1) is 18.1 Å². The van der Waals surface area contributed by atoms with Crippen molar-refractivity contribution in [2.75, 3.05) is 12.4 Å². The highest BCUT2D eigenvalue weighted by Crippen LogP contribution is 2.18. The third-order valence-corrected chi connectivity index (χ3v) is 5.29. The summed E-state index contributed by atoms with van der Waals surface area (Å²) in [6.45, 7) is 3.66. The molecule has 4 aromatic rings. The van der Waals surface area contributed by atoms with Gasteiger partial charge in [0.1, 0.15) is 17.9 Å². The van der Waals surface area contributed by atoms with Gasteiger partial charge in [-0.05, 0) is 50.2 Å². The number of carbonyl (C=O) groups is 2. The van der Waals surface area contributed by atoms with Gasteiger partial charge in [-0.25, -0.2) is 4.98 Å². The summed E-state index contributed by atoms with van der Waals surface area (Å²) in [5.41, 5.74) is 2.64. The summed E-state index contributed by atoms with van der Waals surface area (Å²) >= 11 is 0. The Kier molecular flexibility index (Phi) is 6.04. The van der Waals surface area contributed by atoms with Crippen molar-refractivity contribution in [2.24, 2.45) is 0 Å². The van der Waals surface area contributed by atoms with Crippen LogP contribution >= 0.6 is 0 Å². The quantitative estimate of drug-likeness (QED) is 0.459. The molecule has 0 radical (unpaired) electrons. The molecule has 0 aliphatic carbocycles. The Labute approximate surface area is 190 Å². The number of hydrogen-bond donors (Lipinski definition) is 1. The summed E-state index contributed by atoms with van der Waals surface area (Å²) in [7, 11) is 1.51. The summed E-state index contributed by atoms with van der Waals surface area (Å²) < 4.78 is 6.74. The number of pyridine rings is 2. The van der Waals surface area contributed by atoms with E-state index in [1.165, 1.54) is 13.3 Å². The number of aromatic nitrogens is 2. The minimum Gasteiger partial charge on any atom is -0.497 e. The zero-order chi connectivity index (χ0) is 23.5. The number of hydrogen-bond acceptors (Lipinski definition) is 5. The molecule has 7 heteroatoms. The molecule has 0 unspecified atom stereocenters. The lowest BCUT2D eigenvalue weighted by Gasteiger charge is -2.13. The second-order valence-corrected chi connectivity index (χ2v) is 7.80. The number of rotatable bonds is 6. The van der Waals surface area contributed by atoms with Crippen LogP contribution < -0.4 is 15.5 Å². The minimum absolute atomic E-state index is 0.0375. The normalized spacial score (nSPS) is 10.8. The highest BCUT2D eigenvalue weighted by atomic mass is 16.5. The van der Waals surface area contributed by atoms with Crippen molar-refractivity contribution in [1.82, 2.24) is 9.55 Å². The van der Waals surface area contributed by atoms with Crippen LogP contribution in [0.15, 0.2) is 71.7 Å². The summed E-state index contributed by atoms with van der Waals surface area (Å²) in [6.07, 6.45) is 1.41. The molecule has 2 aromatic heterocycles. The third-order valence-electron chi connectivity index (χ3n) is 5.29. The first-order valence-electron chi connectivity index (χ1n) is 10.4. The molecule has 1 amide bonds. The van der Waals surface area contributed by atoms with Crippen LogP contribution in [0, 0.1) is 13.8 Å². The van der Waals surface area contributed by atoms with Crippen LogP contribution in [0.4, 0.5) is 5.69 Å². The van der Waals surface area contributed by atoms with Crippen molar-refractivity contribution >= 4 is 28.4 Å². The molecule has 33 heavy (non-hydrogen) atoms.